The van der Waals surface area contributed by atoms with E-state index in [2.05, 4.69) is 48.5 Å². The molecule has 2 rings (SSSR count). The molecule has 1 heterocycles. The smallest absolute Gasteiger partial charge is 0.134 e. The zero-order valence-corrected chi connectivity index (χ0v) is 23.3. The van der Waals surface area contributed by atoms with Gasteiger partial charge in [-0.25, -0.2) is 4.39 Å². The molecule has 0 amide bonds. The third-order valence-electron chi connectivity index (χ3n) is 4.89. The van der Waals surface area contributed by atoms with Crippen LogP contribution < -0.4 is 5.30 Å². The number of halogens is 1. The summed E-state index contributed by atoms with van der Waals surface area (Å²) < 4.78 is 14.3. The second-order valence-corrected chi connectivity index (χ2v) is 8.00. The summed E-state index contributed by atoms with van der Waals surface area (Å²) in [5, 5.41) is 0.886. The van der Waals surface area contributed by atoms with Gasteiger partial charge in [0.25, 0.3) is 0 Å². The highest BCUT2D eigenvalue weighted by molar-refractivity contribution is 7.27. The van der Waals surface area contributed by atoms with Gasteiger partial charge in [-0.05, 0) is 62.2 Å². The van der Waals surface area contributed by atoms with Crippen molar-refractivity contribution in [3.05, 3.63) is 65.3 Å². The number of hydrogen-bond donors (Lipinski definition) is 0. The summed E-state index contributed by atoms with van der Waals surface area (Å²) in [7, 11) is 2.55. The fourth-order valence-corrected chi connectivity index (χ4v) is 2.81. The molecule has 0 N–H and O–H groups in total. The van der Waals surface area contributed by atoms with Crippen molar-refractivity contribution < 1.29 is 4.39 Å². The Bertz CT molecular complexity index is 801. The molecule has 0 aliphatic rings. The summed E-state index contributed by atoms with van der Waals surface area (Å²) in [5.74, 6) is -0.174. The van der Waals surface area contributed by atoms with Crippen LogP contribution in [0.3, 0.4) is 0 Å². The first kappa shape index (κ1) is 32.4. The van der Waals surface area contributed by atoms with E-state index in [1.54, 1.807) is 19.2 Å². The molecule has 0 saturated carbocycles. The molecule has 0 spiro atoms. The van der Waals surface area contributed by atoms with Gasteiger partial charge < -0.3 is 0 Å². The molecule has 0 saturated heterocycles. The van der Waals surface area contributed by atoms with Crippen LogP contribution in [-0.2, 0) is 0 Å². The Labute approximate surface area is 200 Å². The third kappa shape index (κ3) is 12.3. The number of allylic oxidation sites excluding steroid dienone is 2. The monoisotopic (exact) mass is 459 g/mol. The van der Waals surface area contributed by atoms with Crippen molar-refractivity contribution in [3.63, 3.8) is 0 Å². The number of unbranched alkanes of at least 4 members (excludes halogenated alkanes) is 2. The number of aromatic nitrogens is 1. The van der Waals surface area contributed by atoms with Crippen molar-refractivity contribution in [1.82, 2.24) is 4.98 Å². The SMILES string of the molecule is C/C=C\c1ncc(-c2ccc(P)c(C)c2F)cc1C.C=C(CC)CC.CC.CCCCC. The normalized spacial score (nSPS) is 9.72. The molecule has 0 aliphatic carbocycles. The summed E-state index contributed by atoms with van der Waals surface area (Å²) >= 11 is 0. The van der Waals surface area contributed by atoms with Gasteiger partial charge in [0.2, 0.25) is 0 Å². The third-order valence-corrected chi connectivity index (χ3v) is 5.52. The van der Waals surface area contributed by atoms with Crippen LogP contribution >= 0.6 is 9.24 Å². The van der Waals surface area contributed by atoms with Gasteiger partial charge >= 0.3 is 0 Å². The summed E-state index contributed by atoms with van der Waals surface area (Å²) in [4.78, 5) is 4.38. The second kappa shape index (κ2) is 19.9. The fourth-order valence-electron chi connectivity index (χ4n) is 2.59. The van der Waals surface area contributed by atoms with Gasteiger partial charge in [-0.3, -0.25) is 4.98 Å². The van der Waals surface area contributed by atoms with Gasteiger partial charge in [-0.2, -0.15) is 0 Å². The van der Waals surface area contributed by atoms with E-state index in [-0.39, 0.29) is 5.82 Å². The minimum atomic E-state index is -0.174. The zero-order chi connectivity index (χ0) is 25.1. The molecule has 1 atom stereocenters. The van der Waals surface area contributed by atoms with Crippen molar-refractivity contribution in [2.24, 2.45) is 0 Å². The highest BCUT2D eigenvalue weighted by Gasteiger charge is 2.10. The molecule has 1 nitrogen and oxygen atoms in total. The van der Waals surface area contributed by atoms with Gasteiger partial charge in [-0.1, -0.05) is 91.2 Å². The number of aryl methyl sites for hydroxylation is 1. The van der Waals surface area contributed by atoms with Crippen molar-refractivity contribution in [1.29, 1.82) is 0 Å². The Morgan fingerprint density at radius 1 is 1.06 bits per heavy atom. The Morgan fingerprint density at radius 3 is 2.00 bits per heavy atom. The highest BCUT2D eigenvalue weighted by Crippen LogP contribution is 2.25. The van der Waals surface area contributed by atoms with E-state index >= 15 is 0 Å². The quantitative estimate of drug-likeness (QED) is 0.309. The molecule has 1 unspecified atom stereocenters. The number of rotatable bonds is 6. The largest absolute Gasteiger partial charge is 0.256 e. The lowest BCUT2D eigenvalue weighted by Gasteiger charge is -2.09. The van der Waals surface area contributed by atoms with E-state index in [1.165, 1.54) is 24.8 Å². The summed E-state index contributed by atoms with van der Waals surface area (Å²) in [6.45, 7) is 22.2. The summed E-state index contributed by atoms with van der Waals surface area (Å²) in [5.41, 5.74) is 5.39. The van der Waals surface area contributed by atoms with E-state index in [0.717, 1.165) is 35.0 Å². The van der Waals surface area contributed by atoms with Crippen LogP contribution in [0.1, 0.15) is 97.4 Å². The molecule has 0 bridgehead atoms. The van der Waals surface area contributed by atoms with Crippen LogP contribution in [0, 0.1) is 19.7 Å². The van der Waals surface area contributed by atoms with Gasteiger partial charge in [0.15, 0.2) is 0 Å². The molecule has 1 aromatic heterocycles. The van der Waals surface area contributed by atoms with Gasteiger partial charge in [0, 0.05) is 17.3 Å². The molecule has 0 aliphatic heterocycles. The lowest BCUT2D eigenvalue weighted by Crippen LogP contribution is -2.02. The first-order valence-electron chi connectivity index (χ1n) is 12.1. The van der Waals surface area contributed by atoms with E-state index in [4.69, 9.17) is 0 Å². The molecule has 32 heavy (non-hydrogen) atoms. The lowest BCUT2D eigenvalue weighted by molar-refractivity contribution is 0.623. The average molecular weight is 460 g/mol. The number of benzene rings is 1. The maximum atomic E-state index is 14.3. The predicted octanol–water partition coefficient (Wildman–Crippen LogP) is 9.62. The topological polar surface area (TPSA) is 12.9 Å². The molecule has 2 aromatic rings. The van der Waals surface area contributed by atoms with Gasteiger partial charge in [0.1, 0.15) is 5.82 Å². The average Bonchev–Trinajstić information content (AvgIpc) is 2.81. The molecular weight excluding hydrogens is 412 g/mol. The first-order valence-corrected chi connectivity index (χ1v) is 12.7. The van der Waals surface area contributed by atoms with Gasteiger partial charge in [0.05, 0.1) is 5.69 Å². The summed E-state index contributed by atoms with van der Waals surface area (Å²) in [6.07, 6.45) is 12.0. The predicted molar refractivity (Wildman–Crippen MR) is 149 cm³/mol. The van der Waals surface area contributed by atoms with Crippen molar-refractivity contribution in [2.75, 3.05) is 0 Å². The minimum absolute atomic E-state index is 0.174. The Morgan fingerprint density at radius 2 is 1.62 bits per heavy atom. The number of nitrogens with zero attached hydrogens (tertiary/aromatic N) is 1. The number of pyridine rings is 1. The highest BCUT2D eigenvalue weighted by atomic mass is 31.0. The number of hydrogen-bond acceptors (Lipinski definition) is 1. The van der Waals surface area contributed by atoms with Crippen molar-refractivity contribution in [2.45, 2.75) is 94.4 Å². The minimum Gasteiger partial charge on any atom is -0.256 e. The van der Waals surface area contributed by atoms with Crippen LogP contribution in [0.15, 0.2) is 42.6 Å². The van der Waals surface area contributed by atoms with Crippen LogP contribution in [-0.4, -0.2) is 4.98 Å². The Kier molecular flexibility index (Phi) is 20.1. The Balaban J connectivity index is 0. The van der Waals surface area contributed by atoms with E-state index in [9.17, 15) is 4.39 Å². The van der Waals surface area contributed by atoms with Crippen LogP contribution in [0.5, 0.6) is 0 Å². The summed E-state index contributed by atoms with van der Waals surface area (Å²) in [6, 6.07) is 5.69. The first-order chi connectivity index (χ1) is 15.3. The van der Waals surface area contributed by atoms with Crippen LogP contribution in [0.25, 0.3) is 17.2 Å². The molecule has 0 fully saturated rings. The maximum Gasteiger partial charge on any atom is 0.134 e. The zero-order valence-electron chi connectivity index (χ0n) is 22.1. The van der Waals surface area contributed by atoms with E-state index < -0.39 is 0 Å². The second-order valence-electron chi connectivity index (χ2n) is 7.38. The molecule has 0 radical (unpaired) electrons. The van der Waals surface area contributed by atoms with Crippen molar-refractivity contribution in [3.8, 4) is 11.1 Å². The lowest BCUT2D eigenvalue weighted by atomic mass is 10.0. The van der Waals surface area contributed by atoms with Crippen LogP contribution in [0.4, 0.5) is 4.39 Å². The standard InChI is InChI=1S/C16H17FNP.C6H12.C5H12.C2H6/c1-4-5-14-10(2)8-12(9-18-14)13-6-7-15(19)11(3)16(13)17;1-4-6(3)5-2;1-3-5-4-2;1-2/h4-9H,19H2,1-3H3;3-5H2,1-2H3;3-5H2,1-2H3;1-2H3/b5-4-;;;. The van der Waals surface area contributed by atoms with Crippen molar-refractivity contribution >= 4 is 20.6 Å². The maximum absolute atomic E-state index is 14.3. The fraction of sp³-hybridized carbons (Fsp3) is 0.483. The van der Waals surface area contributed by atoms with Gasteiger partial charge in [-0.15, -0.1) is 9.24 Å². The molecule has 1 aromatic carbocycles. The molecular formula is C29H47FNP. The van der Waals surface area contributed by atoms with E-state index in [0.29, 0.717) is 11.1 Å². The van der Waals surface area contributed by atoms with Crippen LogP contribution in [0.2, 0.25) is 0 Å². The van der Waals surface area contributed by atoms with E-state index in [1.807, 2.05) is 52.0 Å². The molecule has 180 valence electrons. The Hall–Kier alpha value is -1.79. The molecule has 3 heteroatoms.